The van der Waals surface area contributed by atoms with Crippen molar-refractivity contribution in [1.82, 2.24) is 0 Å². The van der Waals surface area contributed by atoms with Crippen LogP contribution >= 0.6 is 0 Å². The van der Waals surface area contributed by atoms with Crippen molar-refractivity contribution in [3.8, 4) is 11.1 Å². The van der Waals surface area contributed by atoms with Gasteiger partial charge in [-0.2, -0.15) is 0 Å². The van der Waals surface area contributed by atoms with Crippen LogP contribution in [0.3, 0.4) is 0 Å². The van der Waals surface area contributed by atoms with E-state index >= 15 is 0 Å². The highest BCUT2D eigenvalue weighted by atomic mass is 19.1. The molecule has 0 spiro atoms. The molecule has 0 atom stereocenters. The van der Waals surface area contributed by atoms with E-state index in [0.717, 1.165) is 0 Å². The van der Waals surface area contributed by atoms with Crippen LogP contribution in [0.15, 0.2) is 36.4 Å². The molecular weight excluding hydrogens is 273 g/mol. The average Bonchev–Trinajstić information content (AvgIpc) is 2.40. The molecule has 1 amide bonds. The lowest BCUT2D eigenvalue weighted by Crippen LogP contribution is -2.14. The van der Waals surface area contributed by atoms with E-state index < -0.39 is 6.09 Å². The SMILES string of the molecule is CN(C)c1cc(NC(=O)O)c(N)cc1-c1ccccc1F. The number of nitrogens with one attached hydrogen (secondary N) is 1. The fraction of sp³-hybridized carbons (Fsp3) is 0.133. The van der Waals surface area contributed by atoms with E-state index in [1.165, 1.54) is 6.07 Å². The number of carbonyl (C=O) groups is 1. The Bertz CT molecular complexity index is 687. The van der Waals surface area contributed by atoms with Crippen molar-refractivity contribution >= 4 is 23.2 Å². The van der Waals surface area contributed by atoms with Gasteiger partial charge in [0, 0.05) is 30.9 Å². The molecule has 0 aliphatic carbocycles. The van der Waals surface area contributed by atoms with Gasteiger partial charge in [0.1, 0.15) is 5.82 Å². The van der Waals surface area contributed by atoms with Gasteiger partial charge in [0.2, 0.25) is 0 Å². The Hall–Kier alpha value is -2.76. The van der Waals surface area contributed by atoms with Crippen LogP contribution in [0.2, 0.25) is 0 Å². The number of carboxylic acid groups (broad SMARTS) is 1. The molecule has 0 aliphatic rings. The Morgan fingerprint density at radius 1 is 1.24 bits per heavy atom. The predicted molar refractivity (Wildman–Crippen MR) is 82.2 cm³/mol. The quantitative estimate of drug-likeness (QED) is 0.758. The molecule has 0 aliphatic heterocycles. The predicted octanol–water partition coefficient (Wildman–Crippen LogP) is 3.23. The van der Waals surface area contributed by atoms with Crippen molar-refractivity contribution in [2.75, 3.05) is 30.0 Å². The van der Waals surface area contributed by atoms with Crippen molar-refractivity contribution in [3.05, 3.63) is 42.2 Å². The average molecular weight is 289 g/mol. The second-order valence-electron chi connectivity index (χ2n) is 4.76. The molecule has 110 valence electrons. The summed E-state index contributed by atoms with van der Waals surface area (Å²) in [5, 5.41) is 11.0. The normalized spacial score (nSPS) is 10.2. The van der Waals surface area contributed by atoms with Crippen LogP contribution in [0.25, 0.3) is 11.1 Å². The van der Waals surface area contributed by atoms with Crippen LogP contribution in [0.4, 0.5) is 26.2 Å². The number of amides is 1. The number of benzene rings is 2. The van der Waals surface area contributed by atoms with Gasteiger partial charge in [-0.05, 0) is 18.2 Å². The minimum absolute atomic E-state index is 0.237. The molecule has 6 heteroatoms. The van der Waals surface area contributed by atoms with Gasteiger partial charge in [-0.15, -0.1) is 0 Å². The standard InChI is InChI=1S/C15H16FN3O2/c1-19(2)14-8-13(18-15(20)21)12(17)7-10(14)9-5-3-4-6-11(9)16/h3-8,18H,17H2,1-2H3,(H,20,21). The molecule has 2 aromatic rings. The smallest absolute Gasteiger partial charge is 0.409 e. The third-order valence-electron chi connectivity index (χ3n) is 3.06. The topological polar surface area (TPSA) is 78.6 Å². The van der Waals surface area contributed by atoms with Gasteiger partial charge in [0.25, 0.3) is 0 Å². The molecule has 0 bridgehead atoms. The summed E-state index contributed by atoms with van der Waals surface area (Å²) in [6.45, 7) is 0. The van der Waals surface area contributed by atoms with Gasteiger partial charge in [0.05, 0.1) is 11.4 Å². The Balaban J connectivity index is 2.64. The molecular formula is C15H16FN3O2. The number of anilines is 3. The van der Waals surface area contributed by atoms with E-state index in [4.69, 9.17) is 10.8 Å². The fourth-order valence-corrected chi connectivity index (χ4v) is 2.09. The molecule has 0 saturated carbocycles. The first-order valence-corrected chi connectivity index (χ1v) is 6.26. The highest BCUT2D eigenvalue weighted by Gasteiger charge is 2.15. The summed E-state index contributed by atoms with van der Waals surface area (Å²) in [6, 6.07) is 9.52. The van der Waals surface area contributed by atoms with Crippen LogP contribution < -0.4 is 16.0 Å². The molecule has 2 aromatic carbocycles. The van der Waals surface area contributed by atoms with E-state index in [2.05, 4.69) is 5.32 Å². The second-order valence-corrected chi connectivity index (χ2v) is 4.76. The number of hydrogen-bond donors (Lipinski definition) is 3. The molecule has 2 rings (SSSR count). The summed E-state index contributed by atoms with van der Waals surface area (Å²) in [4.78, 5) is 12.5. The van der Waals surface area contributed by atoms with Crippen LogP contribution in [0.5, 0.6) is 0 Å². The summed E-state index contributed by atoms with van der Waals surface area (Å²) in [7, 11) is 3.58. The van der Waals surface area contributed by atoms with Crippen molar-refractivity contribution in [2.45, 2.75) is 0 Å². The zero-order chi connectivity index (χ0) is 15.6. The van der Waals surface area contributed by atoms with Gasteiger partial charge in [-0.3, -0.25) is 5.32 Å². The summed E-state index contributed by atoms with van der Waals surface area (Å²) in [5.41, 5.74) is 8.05. The first-order chi connectivity index (χ1) is 9.90. The maximum Gasteiger partial charge on any atom is 0.409 e. The van der Waals surface area contributed by atoms with Crippen LogP contribution in [-0.4, -0.2) is 25.3 Å². The van der Waals surface area contributed by atoms with Crippen molar-refractivity contribution in [3.63, 3.8) is 0 Å². The third kappa shape index (κ3) is 3.05. The summed E-state index contributed by atoms with van der Waals surface area (Å²) in [5.74, 6) is -0.362. The second kappa shape index (κ2) is 5.70. The maximum absolute atomic E-state index is 14.0. The molecule has 5 nitrogen and oxygen atoms in total. The van der Waals surface area contributed by atoms with Gasteiger partial charge in [-0.1, -0.05) is 18.2 Å². The van der Waals surface area contributed by atoms with Crippen LogP contribution in [0, 0.1) is 5.82 Å². The summed E-state index contributed by atoms with van der Waals surface area (Å²) in [6.07, 6.45) is -1.20. The zero-order valence-corrected chi connectivity index (χ0v) is 11.7. The van der Waals surface area contributed by atoms with Crippen molar-refractivity contribution in [1.29, 1.82) is 0 Å². The van der Waals surface area contributed by atoms with Gasteiger partial charge in [-0.25, -0.2) is 9.18 Å². The van der Waals surface area contributed by atoms with Gasteiger partial charge in [0.15, 0.2) is 0 Å². The van der Waals surface area contributed by atoms with E-state index in [-0.39, 0.29) is 17.2 Å². The molecule has 0 heterocycles. The van der Waals surface area contributed by atoms with E-state index in [1.807, 2.05) is 0 Å². The Morgan fingerprint density at radius 3 is 2.48 bits per heavy atom. The Labute approximate surface area is 121 Å². The number of nitrogens with two attached hydrogens (primary N) is 1. The lowest BCUT2D eigenvalue weighted by Gasteiger charge is -2.20. The molecule has 4 N–H and O–H groups in total. The molecule has 0 radical (unpaired) electrons. The third-order valence-corrected chi connectivity index (χ3v) is 3.06. The number of hydrogen-bond acceptors (Lipinski definition) is 3. The maximum atomic E-state index is 14.0. The van der Waals surface area contributed by atoms with Crippen LogP contribution in [0.1, 0.15) is 0 Å². The number of nitrogen functional groups attached to an aromatic ring is 1. The first kappa shape index (κ1) is 14.6. The highest BCUT2D eigenvalue weighted by Crippen LogP contribution is 2.37. The van der Waals surface area contributed by atoms with E-state index in [9.17, 15) is 9.18 Å². The Kier molecular flexibility index (Phi) is 3.98. The number of halogens is 1. The lowest BCUT2D eigenvalue weighted by atomic mass is 10.0. The monoisotopic (exact) mass is 289 g/mol. The Morgan fingerprint density at radius 2 is 1.90 bits per heavy atom. The summed E-state index contributed by atoms with van der Waals surface area (Å²) < 4.78 is 14.0. The van der Waals surface area contributed by atoms with Crippen molar-refractivity contribution < 1.29 is 14.3 Å². The largest absolute Gasteiger partial charge is 0.465 e. The van der Waals surface area contributed by atoms with Crippen LogP contribution in [-0.2, 0) is 0 Å². The van der Waals surface area contributed by atoms with Gasteiger partial charge >= 0.3 is 6.09 Å². The molecule has 0 aromatic heterocycles. The molecule has 0 fully saturated rings. The molecule has 21 heavy (non-hydrogen) atoms. The highest BCUT2D eigenvalue weighted by molar-refractivity contribution is 5.93. The lowest BCUT2D eigenvalue weighted by molar-refractivity contribution is 0.210. The minimum atomic E-state index is -1.20. The van der Waals surface area contributed by atoms with Gasteiger partial charge < -0.3 is 15.7 Å². The van der Waals surface area contributed by atoms with E-state index in [1.54, 1.807) is 49.3 Å². The van der Waals surface area contributed by atoms with Crippen molar-refractivity contribution in [2.24, 2.45) is 0 Å². The number of nitrogens with zero attached hydrogens (tertiary/aromatic N) is 1. The summed E-state index contributed by atoms with van der Waals surface area (Å²) >= 11 is 0. The minimum Gasteiger partial charge on any atom is -0.465 e. The fourth-order valence-electron chi connectivity index (χ4n) is 2.09. The number of rotatable bonds is 3. The first-order valence-electron chi connectivity index (χ1n) is 6.26. The molecule has 0 unspecified atom stereocenters. The zero-order valence-electron chi connectivity index (χ0n) is 11.7. The molecule has 0 saturated heterocycles. The van der Waals surface area contributed by atoms with E-state index in [0.29, 0.717) is 16.8 Å².